The van der Waals surface area contributed by atoms with Gasteiger partial charge in [0.05, 0.1) is 18.2 Å². The van der Waals surface area contributed by atoms with Crippen molar-refractivity contribution in [3.8, 4) is 22.9 Å². The molecule has 0 aliphatic heterocycles. The lowest BCUT2D eigenvalue weighted by atomic mass is 10.2. The van der Waals surface area contributed by atoms with E-state index >= 15 is 0 Å². The number of methoxy groups -OCH3 is 1. The smallest absolute Gasteiger partial charge is 0.280 e. The highest BCUT2D eigenvalue weighted by Crippen LogP contribution is 2.29. The number of ether oxygens (including phenoxy) is 2. The zero-order valence-electron chi connectivity index (χ0n) is 19.0. The Bertz CT molecular complexity index is 1570. The van der Waals surface area contributed by atoms with Crippen molar-refractivity contribution in [3.63, 3.8) is 0 Å². The number of nitrogens with zero attached hydrogens (tertiary/aromatic N) is 4. The predicted molar refractivity (Wildman–Crippen MR) is 132 cm³/mol. The molecule has 35 heavy (non-hydrogen) atoms. The molecule has 9 heteroatoms. The van der Waals surface area contributed by atoms with Gasteiger partial charge in [0.1, 0.15) is 22.9 Å². The highest BCUT2D eigenvalue weighted by atomic mass is 16.5. The van der Waals surface area contributed by atoms with E-state index in [9.17, 15) is 9.59 Å². The van der Waals surface area contributed by atoms with Gasteiger partial charge in [0.25, 0.3) is 5.91 Å². The molecule has 0 aliphatic carbocycles. The highest BCUT2D eigenvalue weighted by Gasteiger charge is 2.14. The number of benzene rings is 2. The number of rotatable bonds is 6. The zero-order chi connectivity index (χ0) is 24.4. The molecule has 5 aromatic rings. The molecule has 0 saturated carbocycles. The maximum absolute atomic E-state index is 12.8. The van der Waals surface area contributed by atoms with Gasteiger partial charge in [-0.15, -0.1) is 0 Å². The maximum Gasteiger partial charge on any atom is 0.280 e. The molecule has 0 aliphatic rings. The third kappa shape index (κ3) is 4.47. The predicted octanol–water partition coefficient (Wildman–Crippen LogP) is 4.17. The second-order valence-electron chi connectivity index (χ2n) is 7.72. The minimum atomic E-state index is -0.605. The number of anilines is 1. The number of nitrogens with one attached hydrogen (secondary N) is 1. The number of aromatic nitrogens is 4. The molecule has 9 nitrogen and oxygen atoms in total. The Morgan fingerprint density at radius 3 is 2.40 bits per heavy atom. The summed E-state index contributed by atoms with van der Waals surface area (Å²) in [4.78, 5) is 29.5. The molecule has 3 heterocycles. The molecule has 0 fully saturated rings. The lowest BCUT2D eigenvalue weighted by Crippen LogP contribution is -2.25. The van der Waals surface area contributed by atoms with Crippen molar-refractivity contribution in [1.82, 2.24) is 19.3 Å². The molecule has 5 rings (SSSR count). The van der Waals surface area contributed by atoms with E-state index in [1.807, 2.05) is 23.9 Å². The van der Waals surface area contributed by atoms with Crippen molar-refractivity contribution in [1.29, 1.82) is 0 Å². The van der Waals surface area contributed by atoms with Gasteiger partial charge in [-0.25, -0.2) is 9.67 Å². The molecule has 3 aromatic heterocycles. The van der Waals surface area contributed by atoms with Crippen LogP contribution in [0.25, 0.3) is 16.7 Å². The third-order valence-electron chi connectivity index (χ3n) is 5.43. The van der Waals surface area contributed by atoms with Crippen LogP contribution in [0.1, 0.15) is 10.5 Å². The average Bonchev–Trinajstić information content (AvgIpc) is 3.27. The van der Waals surface area contributed by atoms with E-state index in [4.69, 9.17) is 9.47 Å². The Hall–Kier alpha value is -4.92. The van der Waals surface area contributed by atoms with Crippen molar-refractivity contribution in [2.75, 3.05) is 12.4 Å². The summed E-state index contributed by atoms with van der Waals surface area (Å²) in [6.45, 7) is 0. The van der Waals surface area contributed by atoms with E-state index in [0.29, 0.717) is 28.6 Å². The highest BCUT2D eigenvalue weighted by molar-refractivity contribution is 6.02. The Kier molecular flexibility index (Phi) is 5.72. The number of amides is 1. The molecule has 2 aromatic carbocycles. The molecule has 0 unspecified atom stereocenters. The van der Waals surface area contributed by atoms with Gasteiger partial charge in [0.2, 0.25) is 5.43 Å². The number of hydrogen-bond acceptors (Lipinski definition) is 6. The van der Waals surface area contributed by atoms with Crippen LogP contribution in [0.3, 0.4) is 0 Å². The summed E-state index contributed by atoms with van der Waals surface area (Å²) in [5, 5.41) is 7.83. The summed E-state index contributed by atoms with van der Waals surface area (Å²) in [6, 6.07) is 19.0. The number of fused-ring (bicyclic) bond motifs is 1. The van der Waals surface area contributed by atoms with Crippen LogP contribution in [0, 0.1) is 0 Å². The van der Waals surface area contributed by atoms with Gasteiger partial charge >= 0.3 is 0 Å². The second kappa shape index (κ2) is 9.14. The standard InChI is InChI=1S/C26H21N5O4/c1-30-15-12-21-23(11-14-27-25(21)30)35-20-7-3-17(4-8-20)28-26(33)24-22(32)13-16-31(29-24)18-5-9-19(34-2)10-6-18/h3-16H,1-2H3,(H,28,33). The van der Waals surface area contributed by atoms with E-state index in [0.717, 1.165) is 11.0 Å². The normalized spacial score (nSPS) is 10.8. The van der Waals surface area contributed by atoms with Crippen LogP contribution in [0.4, 0.5) is 5.69 Å². The first-order valence-corrected chi connectivity index (χ1v) is 10.8. The first-order chi connectivity index (χ1) is 17.0. The third-order valence-corrected chi connectivity index (χ3v) is 5.43. The van der Waals surface area contributed by atoms with Gasteiger partial charge in [-0.2, -0.15) is 5.10 Å². The molecular weight excluding hydrogens is 446 g/mol. The van der Waals surface area contributed by atoms with Crippen molar-refractivity contribution < 1.29 is 14.3 Å². The zero-order valence-corrected chi connectivity index (χ0v) is 19.0. The average molecular weight is 467 g/mol. The molecule has 0 radical (unpaired) electrons. The molecule has 0 saturated heterocycles. The summed E-state index contributed by atoms with van der Waals surface area (Å²) in [6.07, 6.45) is 5.12. The Labute approximate surface area is 200 Å². The first kappa shape index (κ1) is 21.9. The lowest BCUT2D eigenvalue weighted by molar-refractivity contribution is 0.101. The van der Waals surface area contributed by atoms with E-state index in [1.54, 1.807) is 67.9 Å². The summed E-state index contributed by atoms with van der Waals surface area (Å²) < 4.78 is 14.5. The molecule has 1 N–H and O–H groups in total. The largest absolute Gasteiger partial charge is 0.497 e. The Balaban J connectivity index is 1.32. The van der Waals surface area contributed by atoms with Gasteiger partial charge in [0.15, 0.2) is 5.69 Å². The molecule has 174 valence electrons. The van der Waals surface area contributed by atoms with Crippen LogP contribution in [0.2, 0.25) is 0 Å². The second-order valence-corrected chi connectivity index (χ2v) is 7.72. The van der Waals surface area contributed by atoms with E-state index in [2.05, 4.69) is 15.4 Å². The van der Waals surface area contributed by atoms with Crippen LogP contribution in [-0.2, 0) is 7.05 Å². The molecular formula is C26H21N5O4. The fraction of sp³-hybridized carbons (Fsp3) is 0.0769. The minimum Gasteiger partial charge on any atom is -0.497 e. The molecule has 0 atom stereocenters. The fourth-order valence-electron chi connectivity index (χ4n) is 3.60. The summed E-state index contributed by atoms with van der Waals surface area (Å²) in [7, 11) is 3.50. The quantitative estimate of drug-likeness (QED) is 0.402. The van der Waals surface area contributed by atoms with Crippen molar-refractivity contribution in [3.05, 3.63) is 101 Å². The molecule has 0 spiro atoms. The van der Waals surface area contributed by atoms with Crippen molar-refractivity contribution in [2.24, 2.45) is 7.05 Å². The monoisotopic (exact) mass is 467 g/mol. The maximum atomic E-state index is 12.8. The van der Waals surface area contributed by atoms with Gasteiger partial charge in [-0.05, 0) is 60.7 Å². The summed E-state index contributed by atoms with van der Waals surface area (Å²) in [5.74, 6) is 1.36. The number of aryl methyl sites for hydroxylation is 1. The van der Waals surface area contributed by atoms with Crippen LogP contribution < -0.4 is 20.2 Å². The number of pyridine rings is 1. The number of carbonyl (C=O) groups is 1. The Morgan fingerprint density at radius 2 is 1.66 bits per heavy atom. The fourth-order valence-corrected chi connectivity index (χ4v) is 3.60. The van der Waals surface area contributed by atoms with Crippen LogP contribution in [-0.4, -0.2) is 32.3 Å². The van der Waals surface area contributed by atoms with Crippen molar-refractivity contribution >= 4 is 22.6 Å². The summed E-state index contributed by atoms with van der Waals surface area (Å²) >= 11 is 0. The van der Waals surface area contributed by atoms with Gasteiger partial charge in [-0.3, -0.25) is 9.59 Å². The minimum absolute atomic E-state index is 0.216. The van der Waals surface area contributed by atoms with E-state index in [1.165, 1.54) is 16.9 Å². The molecule has 0 bridgehead atoms. The van der Waals surface area contributed by atoms with E-state index < -0.39 is 11.3 Å². The molecule has 1 amide bonds. The van der Waals surface area contributed by atoms with Crippen LogP contribution >= 0.6 is 0 Å². The lowest BCUT2D eigenvalue weighted by Gasteiger charge is -2.10. The SMILES string of the molecule is COc1ccc(-n2ccc(=O)c(C(=O)Nc3ccc(Oc4ccnc5c4ccn5C)cc3)n2)cc1. The number of hydrogen-bond donors (Lipinski definition) is 1. The van der Waals surface area contributed by atoms with E-state index in [-0.39, 0.29) is 5.69 Å². The Morgan fingerprint density at radius 1 is 0.914 bits per heavy atom. The van der Waals surface area contributed by atoms with Crippen molar-refractivity contribution in [2.45, 2.75) is 0 Å². The number of carbonyl (C=O) groups excluding carboxylic acids is 1. The summed E-state index contributed by atoms with van der Waals surface area (Å²) in [5.41, 5.74) is 1.32. The van der Waals surface area contributed by atoms with Gasteiger partial charge < -0.3 is 19.4 Å². The first-order valence-electron chi connectivity index (χ1n) is 10.8. The van der Waals surface area contributed by atoms with Crippen LogP contribution in [0.5, 0.6) is 17.2 Å². The topological polar surface area (TPSA) is 100 Å². The van der Waals surface area contributed by atoms with Crippen LogP contribution in [0.15, 0.2) is 90.1 Å². The van der Waals surface area contributed by atoms with Gasteiger partial charge in [0, 0.05) is 37.4 Å². The van der Waals surface area contributed by atoms with Gasteiger partial charge in [-0.1, -0.05) is 0 Å².